The second kappa shape index (κ2) is 6.27. The lowest BCUT2D eigenvalue weighted by Gasteiger charge is -2.42. The summed E-state index contributed by atoms with van der Waals surface area (Å²) in [5.74, 6) is 0.260. The maximum atomic E-state index is 12.7. The first-order valence-corrected chi connectivity index (χ1v) is 8.44. The Morgan fingerprint density at radius 2 is 1.39 bits per heavy atom. The van der Waals surface area contributed by atoms with Crippen LogP contribution in [0.3, 0.4) is 0 Å². The van der Waals surface area contributed by atoms with Crippen molar-refractivity contribution in [2.24, 2.45) is 5.41 Å². The predicted molar refractivity (Wildman–Crippen MR) is 94.9 cm³/mol. The van der Waals surface area contributed by atoms with E-state index in [-0.39, 0.29) is 17.9 Å². The van der Waals surface area contributed by atoms with Gasteiger partial charge in [0.2, 0.25) is 0 Å². The average molecular weight is 348 g/mol. The minimum atomic E-state index is -0.462. The Morgan fingerprint density at radius 1 is 0.913 bits per heavy atom. The quantitative estimate of drug-likeness (QED) is 0.791. The van der Waals surface area contributed by atoms with Gasteiger partial charge in [0, 0.05) is 34.0 Å². The number of nitrogens with one attached hydrogen (secondary N) is 1. The van der Waals surface area contributed by atoms with Gasteiger partial charge in [0.15, 0.2) is 0 Å². The summed E-state index contributed by atoms with van der Waals surface area (Å²) in [6.45, 7) is 4.00. The Kier molecular flexibility index (Phi) is 4.50. The summed E-state index contributed by atoms with van der Waals surface area (Å²) in [6, 6.07) is 15.3. The van der Waals surface area contributed by atoms with Gasteiger partial charge in [0.1, 0.15) is 5.78 Å². The molecule has 2 aromatic rings. The molecular formula is C19H19Cl2NO. The first-order chi connectivity index (χ1) is 10.9. The highest BCUT2D eigenvalue weighted by Gasteiger charge is 2.43. The summed E-state index contributed by atoms with van der Waals surface area (Å²) in [5.41, 5.74) is 1.69. The average Bonchev–Trinajstić information content (AvgIpc) is 2.52. The second-order valence-electron chi connectivity index (χ2n) is 6.60. The van der Waals surface area contributed by atoms with Crippen LogP contribution in [0.15, 0.2) is 48.5 Å². The van der Waals surface area contributed by atoms with Crippen molar-refractivity contribution in [3.05, 3.63) is 69.7 Å². The lowest BCUT2D eigenvalue weighted by Crippen LogP contribution is -2.47. The number of rotatable bonds is 2. The molecule has 2 nitrogen and oxygen atoms in total. The molecule has 0 radical (unpaired) electrons. The SMILES string of the molecule is CC1(C)C(=O)C[C@H](c2ccc(Cl)cc2)N[C@@H]1c1ccc(Cl)cc1. The standard InChI is InChI=1S/C19H19Cl2NO/c1-19(2)17(23)11-16(12-3-7-14(20)8-4-12)22-18(19)13-5-9-15(21)10-6-13/h3-10,16,18,22H,11H2,1-2H3/t16-,18-/m1/s1. The summed E-state index contributed by atoms with van der Waals surface area (Å²) in [4.78, 5) is 12.7. The normalized spacial score (nSPS) is 23.7. The van der Waals surface area contributed by atoms with Crippen LogP contribution in [-0.2, 0) is 4.79 Å². The Balaban J connectivity index is 1.94. The van der Waals surface area contributed by atoms with Crippen LogP contribution in [0.1, 0.15) is 43.5 Å². The predicted octanol–water partition coefficient (Wildman–Crippen LogP) is 5.36. The van der Waals surface area contributed by atoms with Gasteiger partial charge in [-0.1, -0.05) is 61.3 Å². The summed E-state index contributed by atoms with van der Waals surface area (Å²) in [6.07, 6.45) is 0.485. The van der Waals surface area contributed by atoms with Crippen LogP contribution in [0.5, 0.6) is 0 Å². The molecule has 3 rings (SSSR count). The van der Waals surface area contributed by atoms with Crippen LogP contribution in [0.25, 0.3) is 0 Å². The number of carbonyl (C=O) groups excluding carboxylic acids is 1. The third-order valence-corrected chi connectivity index (χ3v) is 5.18. The zero-order valence-corrected chi connectivity index (χ0v) is 14.7. The van der Waals surface area contributed by atoms with E-state index in [2.05, 4.69) is 5.32 Å². The lowest BCUT2D eigenvalue weighted by molar-refractivity contribution is -0.132. The van der Waals surface area contributed by atoms with Gasteiger partial charge in [-0.3, -0.25) is 4.79 Å². The Bertz CT molecular complexity index is 707. The van der Waals surface area contributed by atoms with Gasteiger partial charge >= 0.3 is 0 Å². The molecule has 1 fully saturated rings. The van der Waals surface area contributed by atoms with Gasteiger partial charge in [0.25, 0.3) is 0 Å². The van der Waals surface area contributed by atoms with Crippen molar-refractivity contribution in [1.82, 2.24) is 5.32 Å². The van der Waals surface area contributed by atoms with E-state index in [0.29, 0.717) is 16.5 Å². The number of carbonyl (C=O) groups is 1. The Labute approximate surface area is 146 Å². The summed E-state index contributed by atoms with van der Waals surface area (Å²) >= 11 is 12.0. The van der Waals surface area contributed by atoms with E-state index < -0.39 is 5.41 Å². The monoisotopic (exact) mass is 347 g/mol. The molecule has 0 unspecified atom stereocenters. The largest absolute Gasteiger partial charge is 0.302 e. The highest BCUT2D eigenvalue weighted by atomic mass is 35.5. The van der Waals surface area contributed by atoms with E-state index in [0.717, 1.165) is 11.1 Å². The number of Topliss-reactive ketones (excluding diaryl/α,β-unsaturated/α-hetero) is 1. The van der Waals surface area contributed by atoms with Crippen LogP contribution in [0, 0.1) is 5.41 Å². The molecule has 0 spiro atoms. The third-order valence-electron chi connectivity index (χ3n) is 4.67. The molecule has 4 heteroatoms. The topological polar surface area (TPSA) is 29.1 Å². The highest BCUT2D eigenvalue weighted by Crippen LogP contribution is 2.43. The van der Waals surface area contributed by atoms with Crippen molar-refractivity contribution in [1.29, 1.82) is 0 Å². The number of ketones is 1. The summed E-state index contributed by atoms with van der Waals surface area (Å²) in [7, 11) is 0. The molecule has 0 aliphatic carbocycles. The number of halogens is 2. The van der Waals surface area contributed by atoms with Crippen LogP contribution in [-0.4, -0.2) is 5.78 Å². The van der Waals surface area contributed by atoms with Crippen molar-refractivity contribution in [2.45, 2.75) is 32.4 Å². The molecule has 1 aliphatic rings. The zero-order chi connectivity index (χ0) is 16.6. The van der Waals surface area contributed by atoms with Gasteiger partial charge in [-0.05, 0) is 35.4 Å². The van der Waals surface area contributed by atoms with Crippen molar-refractivity contribution in [2.75, 3.05) is 0 Å². The number of hydrogen-bond acceptors (Lipinski definition) is 2. The minimum absolute atomic E-state index is 0.00605. The molecule has 1 heterocycles. The van der Waals surface area contributed by atoms with Crippen molar-refractivity contribution < 1.29 is 4.79 Å². The molecule has 0 saturated carbocycles. The maximum Gasteiger partial charge on any atom is 0.142 e. The lowest BCUT2D eigenvalue weighted by atomic mass is 9.71. The molecule has 1 N–H and O–H groups in total. The molecule has 0 aromatic heterocycles. The highest BCUT2D eigenvalue weighted by molar-refractivity contribution is 6.30. The molecular weight excluding hydrogens is 329 g/mol. The molecule has 23 heavy (non-hydrogen) atoms. The van der Waals surface area contributed by atoms with Gasteiger partial charge in [-0.15, -0.1) is 0 Å². The smallest absolute Gasteiger partial charge is 0.142 e. The van der Waals surface area contributed by atoms with Crippen molar-refractivity contribution in [3.8, 4) is 0 Å². The molecule has 2 atom stereocenters. The van der Waals surface area contributed by atoms with E-state index in [4.69, 9.17) is 23.2 Å². The Hall–Kier alpha value is -1.35. The number of hydrogen-bond donors (Lipinski definition) is 1. The number of benzene rings is 2. The molecule has 0 bridgehead atoms. The molecule has 120 valence electrons. The van der Waals surface area contributed by atoms with Gasteiger partial charge in [0.05, 0.1) is 0 Å². The van der Waals surface area contributed by atoms with E-state index in [9.17, 15) is 4.79 Å². The van der Waals surface area contributed by atoms with Crippen LogP contribution >= 0.6 is 23.2 Å². The summed E-state index contributed by atoms with van der Waals surface area (Å²) < 4.78 is 0. The summed E-state index contributed by atoms with van der Waals surface area (Å²) in [5, 5.41) is 5.04. The molecule has 0 amide bonds. The van der Waals surface area contributed by atoms with Crippen molar-refractivity contribution in [3.63, 3.8) is 0 Å². The fourth-order valence-electron chi connectivity index (χ4n) is 3.16. The first kappa shape index (κ1) is 16.5. The second-order valence-corrected chi connectivity index (χ2v) is 7.48. The van der Waals surface area contributed by atoms with E-state index in [1.807, 2.05) is 62.4 Å². The molecule has 1 aliphatic heterocycles. The van der Waals surface area contributed by atoms with Crippen molar-refractivity contribution >= 4 is 29.0 Å². The Morgan fingerprint density at radius 3 is 1.91 bits per heavy atom. The van der Waals surface area contributed by atoms with E-state index >= 15 is 0 Å². The molecule has 2 aromatic carbocycles. The fourth-order valence-corrected chi connectivity index (χ4v) is 3.41. The van der Waals surface area contributed by atoms with Crippen LogP contribution in [0.2, 0.25) is 10.0 Å². The van der Waals surface area contributed by atoms with Gasteiger partial charge in [-0.25, -0.2) is 0 Å². The van der Waals surface area contributed by atoms with Gasteiger partial charge < -0.3 is 5.32 Å². The first-order valence-electron chi connectivity index (χ1n) is 7.68. The minimum Gasteiger partial charge on any atom is -0.302 e. The maximum absolute atomic E-state index is 12.7. The molecule has 1 saturated heterocycles. The van der Waals surface area contributed by atoms with Crippen LogP contribution in [0.4, 0.5) is 0 Å². The van der Waals surface area contributed by atoms with Crippen LogP contribution < -0.4 is 5.32 Å². The number of piperidine rings is 1. The fraction of sp³-hybridized carbons (Fsp3) is 0.316. The van der Waals surface area contributed by atoms with E-state index in [1.165, 1.54) is 0 Å². The third kappa shape index (κ3) is 3.30. The van der Waals surface area contributed by atoms with Gasteiger partial charge in [-0.2, -0.15) is 0 Å². The van der Waals surface area contributed by atoms with E-state index in [1.54, 1.807) is 0 Å². The zero-order valence-electron chi connectivity index (χ0n) is 13.1.